The molecule has 0 aromatic heterocycles. The third kappa shape index (κ3) is 3.14. The zero-order valence-corrected chi connectivity index (χ0v) is 10.4. The fraction of sp³-hybridized carbons (Fsp3) is 0.538. The van der Waals surface area contributed by atoms with Crippen LogP contribution < -0.4 is 4.90 Å². The van der Waals surface area contributed by atoms with Crippen molar-refractivity contribution in [2.45, 2.75) is 32.9 Å². The van der Waals surface area contributed by atoms with E-state index in [4.69, 9.17) is 0 Å². The molecule has 96 valence electrons. The van der Waals surface area contributed by atoms with Crippen LogP contribution in [0.2, 0.25) is 0 Å². The van der Waals surface area contributed by atoms with Crippen molar-refractivity contribution in [2.75, 3.05) is 18.5 Å². The highest BCUT2D eigenvalue weighted by atomic mass is 19.4. The molecule has 0 bridgehead atoms. The maximum Gasteiger partial charge on any atom is 0.416 e. The minimum absolute atomic E-state index is 0.560. The Kier molecular flexibility index (Phi) is 4.43. The molecule has 1 nitrogen and oxygen atoms in total. The maximum atomic E-state index is 12.5. The number of hydrogen-bond donors (Lipinski definition) is 0. The fourth-order valence-electron chi connectivity index (χ4n) is 1.93. The molecule has 0 atom stereocenters. The molecule has 0 saturated heterocycles. The van der Waals surface area contributed by atoms with E-state index in [1.165, 1.54) is 6.07 Å². The highest BCUT2D eigenvalue weighted by Crippen LogP contribution is 2.34. The smallest absolute Gasteiger partial charge is 0.374 e. The van der Waals surface area contributed by atoms with Crippen LogP contribution in [0.25, 0.3) is 0 Å². The number of rotatable bonds is 0. The van der Waals surface area contributed by atoms with Gasteiger partial charge in [-0.05, 0) is 30.5 Å². The number of hydrogen-bond acceptors (Lipinski definition) is 1. The van der Waals surface area contributed by atoms with Crippen molar-refractivity contribution in [3.63, 3.8) is 0 Å². The molecule has 0 unspecified atom stereocenters. The Hall–Kier alpha value is -1.19. The highest BCUT2D eigenvalue weighted by Gasteiger charge is 2.31. The molecule has 0 fully saturated rings. The van der Waals surface area contributed by atoms with Crippen LogP contribution in [-0.2, 0) is 12.6 Å². The Bertz CT molecular complexity index is 371. The van der Waals surface area contributed by atoms with E-state index in [1.54, 1.807) is 6.07 Å². The Morgan fingerprint density at radius 1 is 1.18 bits per heavy atom. The summed E-state index contributed by atoms with van der Waals surface area (Å²) in [7, 11) is 1.83. The van der Waals surface area contributed by atoms with Crippen LogP contribution in [-0.4, -0.2) is 13.6 Å². The second kappa shape index (κ2) is 5.43. The Morgan fingerprint density at radius 3 is 2.41 bits per heavy atom. The molecule has 1 aliphatic rings. The first-order valence-electron chi connectivity index (χ1n) is 5.90. The molecule has 0 aliphatic carbocycles. The Labute approximate surface area is 100 Å². The molecule has 1 aromatic rings. The largest absolute Gasteiger partial charge is 0.416 e. The topological polar surface area (TPSA) is 3.24 Å². The standard InChI is InChI=1S/C11H12F3N.C2H6/c1-15-6-2-3-8-4-5-9(7-10(8)15)11(12,13)14;1-2/h4-5,7H,2-3,6H2,1H3;1-2H3. The van der Waals surface area contributed by atoms with Gasteiger partial charge < -0.3 is 4.90 Å². The maximum absolute atomic E-state index is 12.5. The van der Waals surface area contributed by atoms with E-state index in [0.717, 1.165) is 36.7 Å². The molecule has 0 amide bonds. The quantitative estimate of drug-likeness (QED) is 0.664. The first-order valence-corrected chi connectivity index (χ1v) is 5.90. The summed E-state index contributed by atoms with van der Waals surface area (Å²) in [6, 6.07) is 4.00. The average molecular weight is 245 g/mol. The number of alkyl halides is 3. The molecule has 1 aromatic carbocycles. The lowest BCUT2D eigenvalue weighted by atomic mass is 10.00. The van der Waals surface area contributed by atoms with E-state index in [9.17, 15) is 13.2 Å². The molecule has 2 rings (SSSR count). The number of aryl methyl sites for hydroxylation is 1. The summed E-state index contributed by atoms with van der Waals surface area (Å²) in [5, 5.41) is 0. The molecule has 0 radical (unpaired) electrons. The lowest BCUT2D eigenvalue weighted by molar-refractivity contribution is -0.137. The van der Waals surface area contributed by atoms with Gasteiger partial charge in [0.05, 0.1) is 5.56 Å². The van der Waals surface area contributed by atoms with Gasteiger partial charge in [0, 0.05) is 19.3 Å². The summed E-state index contributed by atoms with van der Waals surface area (Å²) in [6.45, 7) is 4.83. The zero-order valence-electron chi connectivity index (χ0n) is 10.4. The summed E-state index contributed by atoms with van der Waals surface area (Å²) in [5.41, 5.74) is 1.17. The molecule has 0 saturated carbocycles. The van der Waals surface area contributed by atoms with Crippen LogP contribution in [0.4, 0.5) is 18.9 Å². The van der Waals surface area contributed by atoms with E-state index >= 15 is 0 Å². The number of halogens is 3. The van der Waals surface area contributed by atoms with Crippen LogP contribution in [0.3, 0.4) is 0 Å². The van der Waals surface area contributed by atoms with Crippen molar-refractivity contribution >= 4 is 5.69 Å². The first kappa shape index (κ1) is 13.9. The van der Waals surface area contributed by atoms with Crippen LogP contribution in [0, 0.1) is 0 Å². The van der Waals surface area contributed by atoms with Gasteiger partial charge in [-0.15, -0.1) is 0 Å². The predicted molar refractivity (Wildman–Crippen MR) is 64.4 cm³/mol. The van der Waals surface area contributed by atoms with Gasteiger partial charge in [0.25, 0.3) is 0 Å². The fourth-order valence-corrected chi connectivity index (χ4v) is 1.93. The monoisotopic (exact) mass is 245 g/mol. The summed E-state index contributed by atoms with van der Waals surface area (Å²) in [4.78, 5) is 1.88. The molecule has 1 heterocycles. The average Bonchev–Trinajstić information content (AvgIpc) is 2.30. The SMILES string of the molecule is CC.CN1CCCc2ccc(C(F)(F)F)cc21. The third-order valence-electron chi connectivity index (χ3n) is 2.76. The summed E-state index contributed by atoms with van der Waals surface area (Å²) < 4.78 is 37.4. The summed E-state index contributed by atoms with van der Waals surface area (Å²) in [5.74, 6) is 0. The molecule has 4 heteroatoms. The minimum atomic E-state index is -4.24. The highest BCUT2D eigenvalue weighted by molar-refractivity contribution is 5.57. The van der Waals surface area contributed by atoms with E-state index in [2.05, 4.69) is 0 Å². The minimum Gasteiger partial charge on any atom is -0.374 e. The van der Waals surface area contributed by atoms with E-state index in [0.29, 0.717) is 0 Å². The second-order valence-electron chi connectivity index (χ2n) is 3.87. The lowest BCUT2D eigenvalue weighted by Gasteiger charge is -2.28. The number of anilines is 1. The number of nitrogens with zero attached hydrogens (tertiary/aromatic N) is 1. The normalized spacial score (nSPS) is 14.8. The van der Waals surface area contributed by atoms with Gasteiger partial charge in [0.2, 0.25) is 0 Å². The van der Waals surface area contributed by atoms with Crippen molar-refractivity contribution in [1.82, 2.24) is 0 Å². The van der Waals surface area contributed by atoms with Gasteiger partial charge in [-0.2, -0.15) is 13.2 Å². The van der Waals surface area contributed by atoms with Crippen molar-refractivity contribution in [3.8, 4) is 0 Å². The Balaban J connectivity index is 0.000000686. The van der Waals surface area contributed by atoms with E-state index in [-0.39, 0.29) is 0 Å². The van der Waals surface area contributed by atoms with Crippen molar-refractivity contribution in [2.24, 2.45) is 0 Å². The van der Waals surface area contributed by atoms with Crippen molar-refractivity contribution in [1.29, 1.82) is 0 Å². The van der Waals surface area contributed by atoms with Gasteiger partial charge in [-0.3, -0.25) is 0 Å². The van der Waals surface area contributed by atoms with E-state index < -0.39 is 11.7 Å². The van der Waals surface area contributed by atoms with Crippen LogP contribution in [0.15, 0.2) is 18.2 Å². The third-order valence-corrected chi connectivity index (χ3v) is 2.76. The van der Waals surface area contributed by atoms with Gasteiger partial charge in [-0.25, -0.2) is 0 Å². The van der Waals surface area contributed by atoms with Gasteiger partial charge in [0.1, 0.15) is 0 Å². The zero-order chi connectivity index (χ0) is 13.1. The molecule has 1 aliphatic heterocycles. The summed E-state index contributed by atoms with van der Waals surface area (Å²) in [6.07, 6.45) is -2.36. The number of fused-ring (bicyclic) bond motifs is 1. The lowest BCUT2D eigenvalue weighted by Crippen LogP contribution is -2.25. The second-order valence-corrected chi connectivity index (χ2v) is 3.87. The van der Waals surface area contributed by atoms with Crippen molar-refractivity contribution < 1.29 is 13.2 Å². The molecular weight excluding hydrogens is 227 g/mol. The first-order chi connectivity index (χ1) is 7.98. The molecule has 17 heavy (non-hydrogen) atoms. The van der Waals surface area contributed by atoms with Gasteiger partial charge in [-0.1, -0.05) is 19.9 Å². The van der Waals surface area contributed by atoms with Crippen molar-refractivity contribution in [3.05, 3.63) is 29.3 Å². The number of benzene rings is 1. The van der Waals surface area contributed by atoms with Gasteiger partial charge >= 0.3 is 6.18 Å². The predicted octanol–water partition coefficient (Wildman–Crippen LogP) is 4.11. The molecule has 0 N–H and O–H groups in total. The van der Waals surface area contributed by atoms with Crippen LogP contribution in [0.5, 0.6) is 0 Å². The molecular formula is C13H18F3N. The summed E-state index contributed by atoms with van der Waals surface area (Å²) >= 11 is 0. The van der Waals surface area contributed by atoms with Gasteiger partial charge in [0.15, 0.2) is 0 Å². The van der Waals surface area contributed by atoms with E-state index in [1.807, 2.05) is 25.8 Å². The van der Waals surface area contributed by atoms with Crippen LogP contribution >= 0.6 is 0 Å². The Morgan fingerprint density at radius 2 is 1.82 bits per heavy atom. The van der Waals surface area contributed by atoms with Crippen LogP contribution in [0.1, 0.15) is 31.4 Å². The molecule has 0 spiro atoms.